The monoisotopic (exact) mass is 352 g/mol. The van der Waals surface area contributed by atoms with Gasteiger partial charge in [-0.3, -0.25) is 0 Å². The molecule has 0 rings (SSSR count). The Morgan fingerprint density at radius 1 is 0.810 bits per heavy atom. The number of rotatable bonds is 6. The van der Waals surface area contributed by atoms with Crippen LogP contribution in [0.15, 0.2) is 0 Å². The fraction of sp³-hybridized carbons (Fsp3) is 1.00. The Morgan fingerprint density at radius 3 is 1.38 bits per heavy atom. The summed E-state index contributed by atoms with van der Waals surface area (Å²) in [7, 11) is -6.84. The zero-order valence-corrected chi connectivity index (χ0v) is 10.5. The first-order chi connectivity index (χ1) is 8.51. The van der Waals surface area contributed by atoms with Crippen LogP contribution in [0.25, 0.3) is 0 Å². The van der Waals surface area contributed by atoms with Crippen molar-refractivity contribution in [1.29, 1.82) is 0 Å². The van der Waals surface area contributed by atoms with Gasteiger partial charge in [0.1, 0.15) is 10.1 Å². The molecule has 122 valence electrons. The molecule has 0 aliphatic rings. The molecule has 0 fully saturated rings. The van der Waals surface area contributed by atoms with Gasteiger partial charge in [-0.25, -0.2) is 26.0 Å². The molecule has 15 heteroatoms. The normalized spacial score (nSPS) is 17.3. The van der Waals surface area contributed by atoms with E-state index in [1.54, 1.807) is 0 Å². The van der Waals surface area contributed by atoms with E-state index in [0.29, 0.717) is 0 Å². The van der Waals surface area contributed by atoms with Crippen LogP contribution in [0.3, 0.4) is 0 Å². The van der Waals surface area contributed by atoms with E-state index in [-0.39, 0.29) is 18.9 Å². The average molecular weight is 352 g/mol. The van der Waals surface area contributed by atoms with Gasteiger partial charge in [-0.05, 0) is 0 Å². The maximum atomic E-state index is 12.7. The fourth-order valence-electron chi connectivity index (χ4n) is 0.877. The zero-order valence-electron chi connectivity index (χ0n) is 9.64. The van der Waals surface area contributed by atoms with Crippen LogP contribution in [0.4, 0.5) is 43.9 Å². The Balaban J connectivity index is 0. The van der Waals surface area contributed by atoms with Crippen molar-refractivity contribution in [3.63, 3.8) is 0 Å². The van der Waals surface area contributed by atoms with E-state index in [1.807, 2.05) is 0 Å². The van der Waals surface area contributed by atoms with Gasteiger partial charge >= 0.3 is 36.6 Å². The first kappa shape index (κ1) is 23.1. The molecule has 0 spiro atoms. The topological polar surface area (TPSA) is 57.2 Å². The summed E-state index contributed by atoms with van der Waals surface area (Å²) in [5.41, 5.74) is -5.39. The van der Waals surface area contributed by atoms with Crippen molar-refractivity contribution >= 4 is 10.1 Å². The predicted octanol–water partition coefficient (Wildman–Crippen LogP) is -0.660. The van der Waals surface area contributed by atoms with Crippen molar-refractivity contribution in [2.75, 3.05) is 0 Å². The fourth-order valence-corrected chi connectivity index (χ4v) is 1.39. The van der Waals surface area contributed by atoms with Gasteiger partial charge in [-0.15, -0.1) is 0 Å². The minimum absolute atomic E-state index is 0. The summed E-state index contributed by atoms with van der Waals surface area (Å²) in [5.74, 6) is -21.0. The Kier molecular flexibility index (Phi) is 7.15. The summed E-state index contributed by atoms with van der Waals surface area (Å²) in [4.78, 5) is 0. The van der Waals surface area contributed by atoms with Crippen LogP contribution in [-0.2, 0) is 10.1 Å². The Labute approximate surface area is 122 Å². The van der Waals surface area contributed by atoms with E-state index < -0.39 is 46.0 Å². The van der Waals surface area contributed by atoms with E-state index in [9.17, 15) is 56.9 Å². The van der Waals surface area contributed by atoms with Crippen LogP contribution in [-0.4, -0.2) is 48.8 Å². The molecule has 0 aromatic carbocycles. The van der Waals surface area contributed by atoms with Crippen LogP contribution in [0.2, 0.25) is 0 Å². The van der Waals surface area contributed by atoms with Crippen molar-refractivity contribution in [2.45, 2.75) is 35.9 Å². The van der Waals surface area contributed by atoms with Crippen molar-refractivity contribution < 1.29 is 75.7 Å². The van der Waals surface area contributed by atoms with Gasteiger partial charge in [-0.2, -0.15) is 26.3 Å². The van der Waals surface area contributed by atoms with Gasteiger partial charge in [0, 0.05) is 0 Å². The van der Waals surface area contributed by atoms with Gasteiger partial charge < -0.3 is 4.55 Å². The number of halogens is 10. The molecule has 0 aliphatic carbocycles. The third kappa shape index (κ3) is 3.96. The molecule has 0 heterocycles. The van der Waals surface area contributed by atoms with Crippen LogP contribution in [0.1, 0.15) is 0 Å². The van der Waals surface area contributed by atoms with Crippen LogP contribution < -0.4 is 18.9 Å². The van der Waals surface area contributed by atoms with Crippen LogP contribution >= 0.6 is 0 Å². The van der Waals surface area contributed by atoms with E-state index in [0.717, 1.165) is 0 Å². The third-order valence-corrected chi connectivity index (χ3v) is 2.75. The number of hydrogen-bond donors (Lipinski definition) is 0. The molecule has 0 N–H and O–H groups in total. The molecule has 0 saturated carbocycles. The summed E-state index contributed by atoms with van der Waals surface area (Å²) in [6.07, 6.45) is -10.0. The van der Waals surface area contributed by atoms with Crippen molar-refractivity contribution in [2.24, 2.45) is 0 Å². The Hall–Kier alpha value is -0.193. The molecule has 0 aromatic rings. The van der Waals surface area contributed by atoms with Crippen molar-refractivity contribution in [3.8, 4) is 0 Å². The molecule has 2 unspecified atom stereocenters. The standard InChI is InChI=1S/C6H4F10O3S.Li/c7-1(2(8)9)4(11,12)6(15,16)5(13,14)3(10)20(17,18)19;/h1-3H,(H,17,18,19);/q;+1/p-1. The summed E-state index contributed by atoms with van der Waals surface area (Å²) in [6.45, 7) is 0. The molecule has 3 nitrogen and oxygen atoms in total. The quantitative estimate of drug-likeness (QED) is 0.362. The van der Waals surface area contributed by atoms with E-state index >= 15 is 0 Å². The average Bonchev–Trinajstić information content (AvgIpc) is 2.24. The molecule has 0 aliphatic heterocycles. The van der Waals surface area contributed by atoms with Crippen LogP contribution in [0.5, 0.6) is 0 Å². The second kappa shape index (κ2) is 6.51. The first-order valence-electron chi connectivity index (χ1n) is 4.15. The Bertz CT molecular complexity index is 452. The van der Waals surface area contributed by atoms with E-state index in [1.165, 1.54) is 0 Å². The van der Waals surface area contributed by atoms with Gasteiger partial charge in [0.15, 0.2) is 0 Å². The molecular formula is C6H3F10LiO3S. The summed E-state index contributed by atoms with van der Waals surface area (Å²) < 4.78 is 153. The van der Waals surface area contributed by atoms with E-state index in [2.05, 4.69) is 0 Å². The number of alkyl halides is 10. The molecule has 2 atom stereocenters. The van der Waals surface area contributed by atoms with Gasteiger partial charge in [0.25, 0.3) is 11.9 Å². The first-order valence-corrected chi connectivity index (χ1v) is 5.62. The molecular weight excluding hydrogens is 349 g/mol. The maximum absolute atomic E-state index is 12.7. The van der Waals surface area contributed by atoms with Gasteiger partial charge in [0.05, 0.1) is 0 Å². The number of hydrogen-bond acceptors (Lipinski definition) is 3. The SMILES string of the molecule is O=S(=O)([O-])C(F)C(F)(F)C(F)(F)C(F)(F)C(F)C(F)F.[Li+]. The molecule has 0 bridgehead atoms. The van der Waals surface area contributed by atoms with E-state index in [4.69, 9.17) is 0 Å². The summed E-state index contributed by atoms with van der Waals surface area (Å²) in [5, 5.41) is 0. The molecule has 0 aromatic heterocycles. The van der Waals surface area contributed by atoms with Crippen molar-refractivity contribution in [3.05, 3.63) is 0 Å². The maximum Gasteiger partial charge on any atom is 1.00 e. The summed E-state index contributed by atoms with van der Waals surface area (Å²) in [6, 6.07) is 0. The molecule has 0 amide bonds. The smallest absolute Gasteiger partial charge is 0.746 e. The molecule has 0 radical (unpaired) electrons. The summed E-state index contributed by atoms with van der Waals surface area (Å²) >= 11 is 0. The Morgan fingerprint density at radius 2 is 1.14 bits per heavy atom. The minimum Gasteiger partial charge on any atom is -0.746 e. The third-order valence-electron chi connectivity index (χ3n) is 1.94. The van der Waals surface area contributed by atoms with Crippen molar-refractivity contribution in [1.82, 2.24) is 0 Å². The second-order valence-electron chi connectivity index (χ2n) is 3.37. The second-order valence-corrected chi connectivity index (χ2v) is 4.76. The van der Waals surface area contributed by atoms with Gasteiger partial charge in [0.2, 0.25) is 6.17 Å². The minimum atomic E-state index is -7.20. The zero-order chi connectivity index (χ0) is 16.7. The van der Waals surface area contributed by atoms with Crippen LogP contribution in [0, 0.1) is 0 Å². The largest absolute Gasteiger partial charge is 1.00 e. The predicted molar refractivity (Wildman–Crippen MR) is 40.3 cm³/mol. The molecule has 0 saturated heterocycles. The molecule has 21 heavy (non-hydrogen) atoms. The van der Waals surface area contributed by atoms with Gasteiger partial charge in [-0.1, -0.05) is 0 Å².